The van der Waals surface area contributed by atoms with Gasteiger partial charge in [-0.2, -0.15) is 0 Å². The third-order valence-electron chi connectivity index (χ3n) is 4.26. The van der Waals surface area contributed by atoms with Crippen molar-refractivity contribution in [2.45, 2.75) is 6.42 Å². The summed E-state index contributed by atoms with van der Waals surface area (Å²) in [5.74, 6) is 2.32. The summed E-state index contributed by atoms with van der Waals surface area (Å²) >= 11 is 0. The smallest absolute Gasteiger partial charge is 0.319 e. The Bertz CT molecular complexity index is 571. The van der Waals surface area contributed by atoms with Crippen molar-refractivity contribution in [3.8, 4) is 17.2 Å². The van der Waals surface area contributed by atoms with E-state index in [0.29, 0.717) is 6.61 Å². The molecule has 2 amide bonds. The molecule has 24 heavy (non-hydrogen) atoms. The van der Waals surface area contributed by atoms with Crippen molar-refractivity contribution in [3.63, 3.8) is 0 Å². The minimum Gasteiger partial charge on any atom is -0.493 e. The van der Waals surface area contributed by atoms with Crippen molar-refractivity contribution in [1.29, 1.82) is 0 Å². The van der Waals surface area contributed by atoms with Gasteiger partial charge in [0.1, 0.15) is 5.75 Å². The fourth-order valence-corrected chi connectivity index (χ4v) is 2.89. The largest absolute Gasteiger partial charge is 0.493 e. The van der Waals surface area contributed by atoms with Crippen LogP contribution < -0.4 is 14.2 Å². The van der Waals surface area contributed by atoms with Gasteiger partial charge in [0, 0.05) is 52.9 Å². The van der Waals surface area contributed by atoms with Crippen molar-refractivity contribution >= 4 is 6.03 Å². The molecule has 1 aromatic carbocycles. The van der Waals surface area contributed by atoms with Crippen LogP contribution in [0.25, 0.3) is 0 Å². The van der Waals surface area contributed by atoms with E-state index in [1.165, 1.54) is 0 Å². The zero-order valence-corrected chi connectivity index (χ0v) is 14.4. The predicted octanol–water partition coefficient (Wildman–Crippen LogP) is 1.48. The molecule has 0 aromatic heterocycles. The quantitative estimate of drug-likeness (QED) is 0.763. The van der Waals surface area contributed by atoms with Crippen molar-refractivity contribution in [3.05, 3.63) is 18.2 Å². The van der Waals surface area contributed by atoms with E-state index in [1.807, 2.05) is 23.1 Å². The van der Waals surface area contributed by atoms with E-state index in [2.05, 4.69) is 4.90 Å². The van der Waals surface area contributed by atoms with Crippen LogP contribution in [-0.2, 0) is 0 Å². The topological polar surface area (TPSA) is 54.5 Å². The van der Waals surface area contributed by atoms with Crippen LogP contribution in [0.15, 0.2) is 18.2 Å². The standard InChI is InChI=1S/C17H25N3O4/c1-18(2)17(21)20-9-7-19(8-10-20)6-3-11-22-14-4-5-15-16(12-14)24-13-23-15/h4-5,12H,3,6-11,13H2,1-2H3. The van der Waals surface area contributed by atoms with Crippen LogP contribution in [0.5, 0.6) is 17.2 Å². The predicted molar refractivity (Wildman–Crippen MR) is 89.8 cm³/mol. The van der Waals surface area contributed by atoms with Gasteiger partial charge in [0.05, 0.1) is 6.61 Å². The van der Waals surface area contributed by atoms with Gasteiger partial charge in [-0.1, -0.05) is 0 Å². The Kier molecular flexibility index (Phi) is 5.30. The molecular weight excluding hydrogens is 310 g/mol. The average Bonchev–Trinajstić information content (AvgIpc) is 3.06. The van der Waals surface area contributed by atoms with Gasteiger partial charge >= 0.3 is 6.03 Å². The molecule has 0 bridgehead atoms. The maximum atomic E-state index is 11.9. The highest BCUT2D eigenvalue weighted by Crippen LogP contribution is 2.35. The summed E-state index contributed by atoms with van der Waals surface area (Å²) < 4.78 is 16.4. The fraction of sp³-hybridized carbons (Fsp3) is 0.588. The average molecular weight is 335 g/mol. The third kappa shape index (κ3) is 4.03. The molecule has 2 aliphatic heterocycles. The van der Waals surface area contributed by atoms with Gasteiger partial charge in [-0.15, -0.1) is 0 Å². The van der Waals surface area contributed by atoms with Crippen LogP contribution in [0.4, 0.5) is 4.79 Å². The monoisotopic (exact) mass is 335 g/mol. The van der Waals surface area contributed by atoms with E-state index in [4.69, 9.17) is 14.2 Å². The van der Waals surface area contributed by atoms with Crippen LogP contribution in [0.3, 0.4) is 0 Å². The first-order valence-corrected chi connectivity index (χ1v) is 8.34. The minimum absolute atomic E-state index is 0.0980. The molecule has 0 atom stereocenters. The number of carbonyl (C=O) groups excluding carboxylic acids is 1. The summed E-state index contributed by atoms with van der Waals surface area (Å²) in [5.41, 5.74) is 0. The van der Waals surface area contributed by atoms with Crippen LogP contribution in [0.1, 0.15) is 6.42 Å². The van der Waals surface area contributed by atoms with Gasteiger partial charge < -0.3 is 24.0 Å². The first kappa shape index (κ1) is 16.7. The van der Waals surface area contributed by atoms with E-state index in [0.717, 1.165) is 56.4 Å². The van der Waals surface area contributed by atoms with Crippen molar-refractivity contribution in [2.24, 2.45) is 0 Å². The number of nitrogens with zero attached hydrogens (tertiary/aromatic N) is 3. The molecule has 0 unspecified atom stereocenters. The third-order valence-corrected chi connectivity index (χ3v) is 4.26. The van der Waals surface area contributed by atoms with Gasteiger partial charge in [0.25, 0.3) is 0 Å². The second-order valence-electron chi connectivity index (χ2n) is 6.22. The van der Waals surface area contributed by atoms with Crippen molar-refractivity contribution in [1.82, 2.24) is 14.7 Å². The van der Waals surface area contributed by atoms with Crippen LogP contribution in [-0.4, -0.2) is 80.9 Å². The second-order valence-corrected chi connectivity index (χ2v) is 6.22. The Morgan fingerprint density at radius 3 is 2.67 bits per heavy atom. The van der Waals surface area contributed by atoms with Gasteiger partial charge in [-0.3, -0.25) is 4.90 Å². The van der Waals surface area contributed by atoms with Crippen LogP contribution in [0.2, 0.25) is 0 Å². The minimum atomic E-state index is 0.0980. The molecule has 3 rings (SSSR count). The van der Waals surface area contributed by atoms with Crippen LogP contribution in [0, 0.1) is 0 Å². The van der Waals surface area contributed by atoms with E-state index < -0.39 is 0 Å². The normalized spacial score (nSPS) is 17.0. The molecule has 0 N–H and O–H groups in total. The highest BCUT2D eigenvalue weighted by atomic mass is 16.7. The summed E-state index contributed by atoms with van der Waals surface area (Å²) in [6.07, 6.45) is 0.954. The lowest BCUT2D eigenvalue weighted by atomic mass is 10.3. The Balaban J connectivity index is 1.34. The number of urea groups is 1. The first-order chi connectivity index (χ1) is 11.6. The van der Waals surface area contributed by atoms with E-state index in [9.17, 15) is 4.79 Å². The number of carbonyl (C=O) groups is 1. The summed E-state index contributed by atoms with van der Waals surface area (Å²) in [7, 11) is 3.59. The number of fused-ring (bicyclic) bond motifs is 1. The molecule has 0 spiro atoms. The highest BCUT2D eigenvalue weighted by molar-refractivity contribution is 5.73. The summed E-state index contributed by atoms with van der Waals surface area (Å²) in [5, 5.41) is 0. The lowest BCUT2D eigenvalue weighted by Crippen LogP contribution is -2.51. The molecular formula is C17H25N3O4. The maximum absolute atomic E-state index is 11.9. The number of amides is 2. The molecule has 2 heterocycles. The number of hydrogen-bond acceptors (Lipinski definition) is 5. The van der Waals surface area contributed by atoms with E-state index in [1.54, 1.807) is 19.0 Å². The molecule has 1 aromatic rings. The Hall–Kier alpha value is -2.15. The van der Waals surface area contributed by atoms with E-state index >= 15 is 0 Å². The summed E-state index contributed by atoms with van der Waals surface area (Å²) in [6.45, 7) is 5.35. The number of hydrogen-bond donors (Lipinski definition) is 0. The van der Waals surface area contributed by atoms with Gasteiger partial charge in [-0.05, 0) is 18.6 Å². The SMILES string of the molecule is CN(C)C(=O)N1CCN(CCCOc2ccc3c(c2)OCO3)CC1. The zero-order chi connectivity index (χ0) is 16.9. The lowest BCUT2D eigenvalue weighted by molar-refractivity contribution is 0.119. The fourth-order valence-electron chi connectivity index (χ4n) is 2.89. The Labute approximate surface area is 142 Å². The van der Waals surface area contributed by atoms with Gasteiger partial charge in [0.2, 0.25) is 6.79 Å². The number of ether oxygens (including phenoxy) is 3. The highest BCUT2D eigenvalue weighted by Gasteiger charge is 2.21. The molecule has 0 saturated carbocycles. The number of rotatable bonds is 5. The van der Waals surface area contributed by atoms with Crippen LogP contribution >= 0.6 is 0 Å². The number of piperazine rings is 1. The molecule has 1 saturated heterocycles. The summed E-state index contributed by atoms with van der Waals surface area (Å²) in [6, 6.07) is 5.74. The number of benzene rings is 1. The molecule has 0 aliphatic carbocycles. The summed E-state index contributed by atoms with van der Waals surface area (Å²) in [4.78, 5) is 17.8. The lowest BCUT2D eigenvalue weighted by Gasteiger charge is -2.35. The zero-order valence-electron chi connectivity index (χ0n) is 14.4. The molecule has 2 aliphatic rings. The second kappa shape index (κ2) is 7.61. The van der Waals surface area contributed by atoms with E-state index in [-0.39, 0.29) is 12.8 Å². The van der Waals surface area contributed by atoms with Crippen molar-refractivity contribution in [2.75, 3.05) is 60.2 Å². The first-order valence-electron chi connectivity index (χ1n) is 8.34. The molecule has 0 radical (unpaired) electrons. The molecule has 1 fully saturated rings. The Morgan fingerprint density at radius 2 is 1.92 bits per heavy atom. The maximum Gasteiger partial charge on any atom is 0.319 e. The Morgan fingerprint density at radius 1 is 1.17 bits per heavy atom. The van der Waals surface area contributed by atoms with Gasteiger partial charge in [0.15, 0.2) is 11.5 Å². The molecule has 132 valence electrons. The van der Waals surface area contributed by atoms with Crippen molar-refractivity contribution < 1.29 is 19.0 Å². The molecule has 7 heteroatoms. The van der Waals surface area contributed by atoms with Gasteiger partial charge in [-0.25, -0.2) is 4.79 Å². The molecule has 7 nitrogen and oxygen atoms in total.